The molecule has 0 amide bonds. The van der Waals surface area contributed by atoms with Crippen molar-refractivity contribution in [3.8, 4) is 0 Å². The summed E-state index contributed by atoms with van der Waals surface area (Å²) < 4.78 is 31.6. The Bertz CT molecular complexity index is 589. The van der Waals surface area contributed by atoms with E-state index in [1.807, 2.05) is 0 Å². The van der Waals surface area contributed by atoms with Gasteiger partial charge >= 0.3 is 5.97 Å². The quantitative estimate of drug-likeness (QED) is 0.789. The van der Waals surface area contributed by atoms with Gasteiger partial charge in [0.05, 0.1) is 19.3 Å². The number of ether oxygens (including phenoxy) is 1. The maximum Gasteiger partial charge on any atom is 0.347 e. The van der Waals surface area contributed by atoms with Gasteiger partial charge in [-0.15, -0.1) is 11.3 Å². The van der Waals surface area contributed by atoms with Gasteiger partial charge in [0.1, 0.15) is 9.77 Å². The van der Waals surface area contributed by atoms with Gasteiger partial charge < -0.3 is 14.9 Å². The lowest BCUT2D eigenvalue weighted by Gasteiger charge is -2.30. The molecule has 7 nitrogen and oxygen atoms in total. The van der Waals surface area contributed by atoms with Crippen molar-refractivity contribution >= 4 is 27.3 Å². The van der Waals surface area contributed by atoms with Crippen LogP contribution in [0.5, 0.6) is 0 Å². The number of carboxylic acids is 1. The van der Waals surface area contributed by atoms with Crippen LogP contribution in [0.3, 0.4) is 0 Å². The number of carboxylic acid groups (broad SMARTS) is 1. The Kier molecular flexibility index (Phi) is 5.33. The highest BCUT2D eigenvalue weighted by Gasteiger charge is 2.33. The van der Waals surface area contributed by atoms with Gasteiger partial charge in [-0.3, -0.25) is 0 Å². The maximum atomic E-state index is 12.5. The highest BCUT2D eigenvalue weighted by Crippen LogP contribution is 2.27. The molecule has 0 unspecified atom stereocenters. The van der Waals surface area contributed by atoms with Gasteiger partial charge in [-0.1, -0.05) is 0 Å². The van der Waals surface area contributed by atoms with Crippen LogP contribution in [0.25, 0.3) is 0 Å². The second-order valence-corrected chi connectivity index (χ2v) is 7.44. The lowest BCUT2D eigenvalue weighted by atomic mass is 10.1. The van der Waals surface area contributed by atoms with Gasteiger partial charge in [-0.05, 0) is 24.3 Å². The number of aliphatic hydroxyl groups excluding tert-OH is 1. The van der Waals surface area contributed by atoms with Crippen molar-refractivity contribution < 1.29 is 28.2 Å². The van der Waals surface area contributed by atoms with Crippen molar-refractivity contribution in [2.45, 2.75) is 23.8 Å². The fourth-order valence-electron chi connectivity index (χ4n) is 2.25. The van der Waals surface area contributed by atoms with Gasteiger partial charge in [0.2, 0.25) is 10.0 Å². The predicted molar refractivity (Wildman–Crippen MR) is 76.1 cm³/mol. The van der Waals surface area contributed by atoms with Crippen LogP contribution in [-0.2, 0) is 14.8 Å². The summed E-state index contributed by atoms with van der Waals surface area (Å²) >= 11 is 0.902. The Balaban J connectivity index is 2.08. The van der Waals surface area contributed by atoms with Gasteiger partial charge in [0.25, 0.3) is 0 Å². The van der Waals surface area contributed by atoms with Crippen molar-refractivity contribution in [3.05, 3.63) is 16.3 Å². The monoisotopic (exact) mass is 335 g/mol. The first-order valence-electron chi connectivity index (χ1n) is 6.50. The summed E-state index contributed by atoms with van der Waals surface area (Å²) in [4.78, 5) is 10.8. The Morgan fingerprint density at radius 2 is 2.10 bits per heavy atom. The van der Waals surface area contributed by atoms with Gasteiger partial charge in [0, 0.05) is 13.1 Å². The normalized spacial score (nSPS) is 18.0. The molecular formula is C12H17NO6S2. The molecule has 2 rings (SSSR count). The van der Waals surface area contributed by atoms with Crippen LogP contribution in [-0.4, -0.2) is 61.3 Å². The van der Waals surface area contributed by atoms with E-state index in [1.165, 1.54) is 15.8 Å². The lowest BCUT2D eigenvalue weighted by Crippen LogP contribution is -2.41. The third-order valence-electron chi connectivity index (χ3n) is 3.29. The van der Waals surface area contributed by atoms with E-state index < -0.39 is 16.0 Å². The predicted octanol–water partition coefficient (Wildman–Crippen LogP) is 0.608. The summed E-state index contributed by atoms with van der Waals surface area (Å²) in [5.74, 6) is -1.23. The molecule has 2 N–H and O–H groups in total. The third kappa shape index (κ3) is 3.61. The van der Waals surface area contributed by atoms with Crippen molar-refractivity contribution in [2.75, 3.05) is 26.3 Å². The fourth-order valence-corrected chi connectivity index (χ4v) is 4.96. The fraction of sp³-hybridized carbons (Fsp3) is 0.583. The minimum atomic E-state index is -3.78. The van der Waals surface area contributed by atoms with Crippen LogP contribution in [0.15, 0.2) is 16.3 Å². The molecular weight excluding hydrogens is 318 g/mol. The minimum Gasteiger partial charge on any atom is -0.477 e. The number of carbonyl (C=O) groups is 1. The Morgan fingerprint density at radius 1 is 1.43 bits per heavy atom. The maximum absolute atomic E-state index is 12.5. The highest BCUT2D eigenvalue weighted by atomic mass is 32.2. The summed E-state index contributed by atoms with van der Waals surface area (Å²) in [6.45, 7) is 0.751. The molecule has 0 aliphatic carbocycles. The molecule has 1 aromatic heterocycles. The zero-order valence-corrected chi connectivity index (χ0v) is 12.9. The number of sulfonamides is 1. The largest absolute Gasteiger partial charge is 0.477 e. The first-order valence-corrected chi connectivity index (χ1v) is 8.82. The van der Waals surface area contributed by atoms with E-state index in [0.29, 0.717) is 12.8 Å². The lowest BCUT2D eigenvalue weighted by molar-refractivity contribution is 0.00317. The molecule has 0 bridgehead atoms. The number of piperidine rings is 1. The molecule has 1 aliphatic heterocycles. The molecule has 0 aromatic carbocycles. The zero-order chi connectivity index (χ0) is 15.5. The average molecular weight is 335 g/mol. The van der Waals surface area contributed by atoms with Crippen LogP contribution in [0.1, 0.15) is 22.5 Å². The van der Waals surface area contributed by atoms with Crippen molar-refractivity contribution in [1.29, 1.82) is 0 Å². The van der Waals surface area contributed by atoms with Crippen LogP contribution in [0.2, 0.25) is 0 Å². The molecule has 1 saturated heterocycles. The number of aromatic carboxylic acids is 1. The van der Waals surface area contributed by atoms with Crippen molar-refractivity contribution in [2.24, 2.45) is 0 Å². The molecule has 9 heteroatoms. The van der Waals surface area contributed by atoms with Gasteiger partial charge in [-0.2, -0.15) is 4.31 Å². The van der Waals surface area contributed by atoms with E-state index in [4.69, 9.17) is 14.9 Å². The topological polar surface area (TPSA) is 104 Å². The number of hydrogen-bond donors (Lipinski definition) is 2. The molecule has 1 aliphatic rings. The Morgan fingerprint density at radius 3 is 2.67 bits per heavy atom. The minimum absolute atomic E-state index is 0.0601. The smallest absolute Gasteiger partial charge is 0.347 e. The number of hydrogen-bond acceptors (Lipinski definition) is 6. The van der Waals surface area contributed by atoms with E-state index in [2.05, 4.69) is 0 Å². The van der Waals surface area contributed by atoms with E-state index in [9.17, 15) is 13.2 Å². The van der Waals surface area contributed by atoms with Gasteiger partial charge in [-0.25, -0.2) is 13.2 Å². The van der Waals surface area contributed by atoms with E-state index >= 15 is 0 Å². The summed E-state index contributed by atoms with van der Waals surface area (Å²) in [5, 5.41) is 19.2. The Labute approximate surface area is 126 Å². The summed E-state index contributed by atoms with van der Waals surface area (Å²) in [5.41, 5.74) is 0. The van der Waals surface area contributed by atoms with E-state index in [0.717, 1.165) is 11.3 Å². The second-order valence-electron chi connectivity index (χ2n) is 4.62. The van der Waals surface area contributed by atoms with Gasteiger partial charge in [0.15, 0.2) is 0 Å². The number of thiophene rings is 1. The van der Waals surface area contributed by atoms with Crippen LogP contribution < -0.4 is 0 Å². The highest BCUT2D eigenvalue weighted by molar-refractivity contribution is 7.89. The summed E-state index contributed by atoms with van der Waals surface area (Å²) in [6.07, 6.45) is 1.00. The average Bonchev–Trinajstić information content (AvgIpc) is 2.96. The van der Waals surface area contributed by atoms with Crippen LogP contribution in [0, 0.1) is 0 Å². The molecule has 0 spiro atoms. The molecule has 1 fully saturated rings. The molecule has 0 atom stereocenters. The van der Waals surface area contributed by atoms with Crippen LogP contribution >= 0.6 is 11.3 Å². The van der Waals surface area contributed by atoms with E-state index in [-0.39, 0.29) is 42.2 Å². The molecule has 118 valence electrons. The first kappa shape index (κ1) is 16.4. The molecule has 0 saturated carbocycles. The third-order valence-corrected chi connectivity index (χ3v) is 6.26. The first-order chi connectivity index (χ1) is 9.96. The molecule has 1 aromatic rings. The van der Waals surface area contributed by atoms with Crippen LogP contribution in [0.4, 0.5) is 0 Å². The zero-order valence-electron chi connectivity index (χ0n) is 11.3. The number of nitrogens with zero attached hydrogens (tertiary/aromatic N) is 1. The summed E-state index contributed by atoms with van der Waals surface area (Å²) in [6, 6.07) is 1.33. The Hall–Kier alpha value is -1.00. The number of rotatable bonds is 6. The van der Waals surface area contributed by atoms with E-state index in [1.54, 1.807) is 0 Å². The summed E-state index contributed by atoms with van der Waals surface area (Å²) in [7, 11) is -3.78. The standard InChI is InChI=1S/C12H17NO6S2/c14-6-7-19-9-1-4-13(5-2-9)21(17,18)10-3-8-20-11(10)12(15)16/h3,8-9,14H,1-2,4-7H2,(H,15,16). The molecule has 0 radical (unpaired) electrons. The van der Waals surface area contributed by atoms with Crippen molar-refractivity contribution in [1.82, 2.24) is 4.31 Å². The molecule has 2 heterocycles. The van der Waals surface area contributed by atoms with Crippen molar-refractivity contribution in [3.63, 3.8) is 0 Å². The number of aliphatic hydroxyl groups is 1. The molecule has 21 heavy (non-hydrogen) atoms. The second kappa shape index (κ2) is 6.84. The SMILES string of the molecule is O=C(O)c1sccc1S(=O)(=O)N1CCC(OCCO)CC1.